The molecule has 0 amide bonds. The number of carbonyl (C=O) groups is 1. The Morgan fingerprint density at radius 1 is 0.923 bits per heavy atom. The molecule has 0 unspecified atom stereocenters. The van der Waals surface area contributed by atoms with E-state index in [-0.39, 0.29) is 5.41 Å². The number of rotatable bonds is 4. The van der Waals surface area contributed by atoms with Gasteiger partial charge in [-0.05, 0) is 29.5 Å². The summed E-state index contributed by atoms with van der Waals surface area (Å²) in [6, 6.07) is 21.2. The van der Waals surface area contributed by atoms with Crippen LogP contribution in [0.4, 0.5) is 0 Å². The summed E-state index contributed by atoms with van der Waals surface area (Å²) in [7, 11) is 0. The van der Waals surface area contributed by atoms with Gasteiger partial charge in [0.2, 0.25) is 0 Å². The zero-order chi connectivity index (χ0) is 18.0. The molecule has 1 fully saturated rings. The van der Waals surface area contributed by atoms with Gasteiger partial charge in [-0.15, -0.1) is 0 Å². The molecular weight excluding hydrogens is 318 g/mol. The molecule has 2 aromatic carbocycles. The minimum Gasteiger partial charge on any atom is -0.298 e. The van der Waals surface area contributed by atoms with E-state index in [4.69, 9.17) is 0 Å². The first-order chi connectivity index (χ1) is 12.6. The van der Waals surface area contributed by atoms with E-state index in [2.05, 4.69) is 66.4 Å². The van der Waals surface area contributed by atoms with E-state index < -0.39 is 0 Å². The summed E-state index contributed by atoms with van der Waals surface area (Å²) in [6.45, 7) is 5.48. The van der Waals surface area contributed by atoms with Crippen molar-refractivity contribution >= 4 is 5.78 Å². The lowest BCUT2D eigenvalue weighted by atomic mass is 9.66. The first kappa shape index (κ1) is 17.2. The van der Waals surface area contributed by atoms with Crippen LogP contribution in [0, 0.1) is 5.41 Å². The van der Waals surface area contributed by atoms with Gasteiger partial charge in [0, 0.05) is 37.9 Å². The lowest BCUT2D eigenvalue weighted by molar-refractivity contribution is -0.117. The maximum atomic E-state index is 12.7. The van der Waals surface area contributed by atoms with Crippen LogP contribution in [0.25, 0.3) is 0 Å². The van der Waals surface area contributed by atoms with Crippen LogP contribution in [0.5, 0.6) is 0 Å². The van der Waals surface area contributed by atoms with Crippen molar-refractivity contribution in [2.24, 2.45) is 5.41 Å². The highest BCUT2D eigenvalue weighted by Gasteiger charge is 2.41. The second kappa shape index (κ2) is 7.20. The minimum atomic E-state index is 0.144. The molecular formula is C24H27NO. The molecule has 0 spiro atoms. The molecule has 1 aliphatic heterocycles. The topological polar surface area (TPSA) is 20.3 Å². The Hall–Kier alpha value is -2.19. The Morgan fingerprint density at radius 3 is 2.27 bits per heavy atom. The number of allylic oxidation sites excluding steroid dienone is 1. The molecule has 1 saturated heterocycles. The molecule has 1 heterocycles. The summed E-state index contributed by atoms with van der Waals surface area (Å²) in [6.07, 6.45) is 3.51. The van der Waals surface area contributed by atoms with Crippen LogP contribution in [0.15, 0.2) is 71.8 Å². The van der Waals surface area contributed by atoms with Gasteiger partial charge < -0.3 is 0 Å². The molecule has 4 rings (SSSR count). The zero-order valence-electron chi connectivity index (χ0n) is 15.6. The SMILES string of the molecule is C[C@@]12CCC(=O)C(Cc3ccccc3)=C1CCN(Cc1ccccc1)C2. The monoisotopic (exact) mass is 345 g/mol. The maximum Gasteiger partial charge on any atom is 0.159 e. The molecule has 0 bridgehead atoms. The summed E-state index contributed by atoms with van der Waals surface area (Å²) in [4.78, 5) is 15.3. The standard InChI is InChI=1S/C24H27NO/c1-24-14-12-23(26)21(16-19-8-4-2-5-9-19)22(24)13-15-25(18-24)17-20-10-6-3-7-11-20/h2-11H,12-18H2,1H3/t24-/m0/s1. The van der Waals surface area contributed by atoms with E-state index in [1.165, 1.54) is 16.7 Å². The summed E-state index contributed by atoms with van der Waals surface area (Å²) in [5, 5.41) is 0. The Bertz CT molecular complexity index is 809. The summed E-state index contributed by atoms with van der Waals surface area (Å²) < 4.78 is 0. The molecule has 0 saturated carbocycles. The number of carbonyl (C=O) groups excluding carboxylic acids is 1. The molecule has 26 heavy (non-hydrogen) atoms. The van der Waals surface area contributed by atoms with Crippen LogP contribution in [0.1, 0.15) is 37.3 Å². The number of fused-ring (bicyclic) bond motifs is 1. The average Bonchev–Trinajstić information content (AvgIpc) is 2.66. The van der Waals surface area contributed by atoms with Gasteiger partial charge in [-0.3, -0.25) is 9.69 Å². The van der Waals surface area contributed by atoms with Crippen LogP contribution in [0.3, 0.4) is 0 Å². The molecule has 134 valence electrons. The molecule has 2 heteroatoms. The first-order valence-corrected chi connectivity index (χ1v) is 9.70. The molecule has 2 aromatic rings. The van der Waals surface area contributed by atoms with Crippen molar-refractivity contribution in [2.75, 3.05) is 13.1 Å². The summed E-state index contributed by atoms with van der Waals surface area (Å²) >= 11 is 0. The number of piperidine rings is 1. The third-order valence-corrected chi connectivity index (χ3v) is 6.06. The number of ketones is 1. The van der Waals surface area contributed by atoms with E-state index >= 15 is 0 Å². The predicted octanol–water partition coefficient (Wildman–Crippen LogP) is 4.80. The Balaban J connectivity index is 1.57. The van der Waals surface area contributed by atoms with Gasteiger partial charge in [-0.1, -0.05) is 73.2 Å². The van der Waals surface area contributed by atoms with Gasteiger partial charge in [0.15, 0.2) is 5.78 Å². The summed E-state index contributed by atoms with van der Waals surface area (Å²) in [5.74, 6) is 0.373. The van der Waals surface area contributed by atoms with E-state index in [0.29, 0.717) is 12.2 Å². The molecule has 1 aliphatic carbocycles. The smallest absolute Gasteiger partial charge is 0.159 e. The second-order valence-electron chi connectivity index (χ2n) is 8.05. The fourth-order valence-electron chi connectivity index (χ4n) is 4.68. The van der Waals surface area contributed by atoms with E-state index in [1.807, 2.05) is 6.07 Å². The number of likely N-dealkylation sites (tertiary alicyclic amines) is 1. The third kappa shape index (κ3) is 3.52. The Kier molecular flexibility index (Phi) is 4.78. The fraction of sp³-hybridized carbons (Fsp3) is 0.375. The quantitative estimate of drug-likeness (QED) is 0.793. The van der Waals surface area contributed by atoms with E-state index in [1.54, 1.807) is 0 Å². The average molecular weight is 345 g/mol. The highest BCUT2D eigenvalue weighted by Crippen LogP contribution is 2.45. The van der Waals surface area contributed by atoms with Crippen LogP contribution in [0.2, 0.25) is 0 Å². The second-order valence-corrected chi connectivity index (χ2v) is 8.05. The number of nitrogens with zero attached hydrogens (tertiary/aromatic N) is 1. The van der Waals surface area contributed by atoms with Crippen molar-refractivity contribution in [3.8, 4) is 0 Å². The van der Waals surface area contributed by atoms with Gasteiger partial charge in [-0.2, -0.15) is 0 Å². The Morgan fingerprint density at radius 2 is 1.58 bits per heavy atom. The fourth-order valence-corrected chi connectivity index (χ4v) is 4.68. The number of hydrogen-bond acceptors (Lipinski definition) is 2. The summed E-state index contributed by atoms with van der Waals surface area (Å²) in [5.41, 5.74) is 5.30. The Labute approximate surface area is 156 Å². The number of benzene rings is 2. The van der Waals surface area contributed by atoms with E-state index in [0.717, 1.165) is 44.5 Å². The molecule has 2 nitrogen and oxygen atoms in total. The van der Waals surface area contributed by atoms with Gasteiger partial charge in [-0.25, -0.2) is 0 Å². The normalized spacial score (nSPS) is 23.8. The molecule has 1 atom stereocenters. The third-order valence-electron chi connectivity index (χ3n) is 6.06. The van der Waals surface area contributed by atoms with Crippen LogP contribution >= 0.6 is 0 Å². The van der Waals surface area contributed by atoms with Crippen LogP contribution < -0.4 is 0 Å². The van der Waals surface area contributed by atoms with Crippen molar-refractivity contribution < 1.29 is 4.79 Å². The molecule has 0 radical (unpaired) electrons. The molecule has 0 N–H and O–H groups in total. The van der Waals surface area contributed by atoms with Crippen molar-refractivity contribution in [1.82, 2.24) is 4.90 Å². The van der Waals surface area contributed by atoms with Crippen molar-refractivity contribution in [1.29, 1.82) is 0 Å². The van der Waals surface area contributed by atoms with Gasteiger partial charge in [0.25, 0.3) is 0 Å². The van der Waals surface area contributed by atoms with Crippen LogP contribution in [-0.4, -0.2) is 23.8 Å². The lowest BCUT2D eigenvalue weighted by Gasteiger charge is -2.46. The van der Waals surface area contributed by atoms with Gasteiger partial charge in [0.1, 0.15) is 0 Å². The highest BCUT2D eigenvalue weighted by molar-refractivity contribution is 5.97. The van der Waals surface area contributed by atoms with Crippen molar-refractivity contribution in [2.45, 2.75) is 39.2 Å². The van der Waals surface area contributed by atoms with E-state index in [9.17, 15) is 4.79 Å². The number of hydrogen-bond donors (Lipinski definition) is 0. The maximum absolute atomic E-state index is 12.7. The van der Waals surface area contributed by atoms with Gasteiger partial charge in [0.05, 0.1) is 0 Å². The zero-order valence-corrected chi connectivity index (χ0v) is 15.6. The van der Waals surface area contributed by atoms with Crippen molar-refractivity contribution in [3.05, 3.63) is 82.9 Å². The lowest BCUT2D eigenvalue weighted by Crippen LogP contribution is -2.45. The highest BCUT2D eigenvalue weighted by atomic mass is 16.1. The first-order valence-electron chi connectivity index (χ1n) is 9.70. The van der Waals surface area contributed by atoms with Crippen molar-refractivity contribution in [3.63, 3.8) is 0 Å². The number of Topliss-reactive ketones (excluding diaryl/α,β-unsaturated/α-hetero) is 1. The largest absolute Gasteiger partial charge is 0.298 e. The van der Waals surface area contributed by atoms with Gasteiger partial charge >= 0.3 is 0 Å². The van der Waals surface area contributed by atoms with Crippen LogP contribution in [-0.2, 0) is 17.8 Å². The predicted molar refractivity (Wildman–Crippen MR) is 106 cm³/mol. The molecule has 2 aliphatic rings. The molecule has 0 aromatic heterocycles. The minimum absolute atomic E-state index is 0.144.